The van der Waals surface area contributed by atoms with Crippen LogP contribution in [0.3, 0.4) is 0 Å². The molecule has 1 aromatic carbocycles. The molecule has 0 radical (unpaired) electrons. The number of thioether (sulfide) groups is 1. The summed E-state index contributed by atoms with van der Waals surface area (Å²) in [5.41, 5.74) is 2.45. The van der Waals surface area contributed by atoms with E-state index >= 15 is 0 Å². The topological polar surface area (TPSA) is 66.2 Å². The molecule has 1 aromatic heterocycles. The number of nitrogens with zero attached hydrogens (tertiary/aromatic N) is 2. The Morgan fingerprint density at radius 1 is 1.28 bits per heavy atom. The van der Waals surface area contributed by atoms with Crippen LogP contribution in [-0.4, -0.2) is 27.1 Å². The Kier molecular flexibility index (Phi) is 4.35. The molecule has 0 aliphatic heterocycles. The molecule has 0 bridgehead atoms. The summed E-state index contributed by atoms with van der Waals surface area (Å²) < 4.78 is 0. The Bertz CT molecular complexity index is 537. The largest absolute Gasteiger partial charge is 0.488 e. The molecular formula is C12H13BN2O2S. The van der Waals surface area contributed by atoms with Gasteiger partial charge in [-0.15, -0.1) is 0 Å². The van der Waals surface area contributed by atoms with Crippen molar-refractivity contribution >= 4 is 24.3 Å². The summed E-state index contributed by atoms with van der Waals surface area (Å²) in [4.78, 5) is 8.46. The lowest BCUT2D eigenvalue weighted by molar-refractivity contribution is 0.425. The zero-order valence-corrected chi connectivity index (χ0v) is 10.8. The van der Waals surface area contributed by atoms with Crippen molar-refractivity contribution in [3.05, 3.63) is 47.8 Å². The molecule has 0 aliphatic rings. The summed E-state index contributed by atoms with van der Waals surface area (Å²) in [5, 5.41) is 18.9. The number of aryl methyl sites for hydroxylation is 1. The average Bonchev–Trinajstić information content (AvgIpc) is 2.37. The zero-order chi connectivity index (χ0) is 13.0. The SMILES string of the molecule is Cc1ccnc(SCc2cccc(B(O)O)c2)n1. The van der Waals surface area contributed by atoms with Crippen molar-refractivity contribution in [1.82, 2.24) is 9.97 Å². The number of hydrogen-bond donors (Lipinski definition) is 2. The molecule has 0 fully saturated rings. The van der Waals surface area contributed by atoms with Crippen LogP contribution in [0.15, 0.2) is 41.7 Å². The summed E-state index contributed by atoms with van der Waals surface area (Å²) in [6.45, 7) is 1.93. The van der Waals surface area contributed by atoms with Crippen LogP contribution in [0.25, 0.3) is 0 Å². The molecule has 4 nitrogen and oxygen atoms in total. The van der Waals surface area contributed by atoms with Crippen molar-refractivity contribution in [3.8, 4) is 0 Å². The van der Waals surface area contributed by atoms with E-state index in [0.29, 0.717) is 11.2 Å². The first-order valence-electron chi connectivity index (χ1n) is 5.52. The van der Waals surface area contributed by atoms with Gasteiger partial charge in [-0.1, -0.05) is 36.0 Å². The summed E-state index contributed by atoms with van der Waals surface area (Å²) in [7, 11) is -1.43. The lowest BCUT2D eigenvalue weighted by Gasteiger charge is -2.04. The predicted molar refractivity (Wildman–Crippen MR) is 72.6 cm³/mol. The molecule has 0 unspecified atom stereocenters. The molecule has 0 saturated heterocycles. The van der Waals surface area contributed by atoms with E-state index < -0.39 is 7.12 Å². The monoisotopic (exact) mass is 260 g/mol. The molecule has 0 saturated carbocycles. The van der Waals surface area contributed by atoms with Crippen LogP contribution >= 0.6 is 11.8 Å². The fraction of sp³-hybridized carbons (Fsp3) is 0.167. The van der Waals surface area contributed by atoms with Crippen LogP contribution in [0.5, 0.6) is 0 Å². The first-order chi connectivity index (χ1) is 8.65. The first kappa shape index (κ1) is 13.1. The van der Waals surface area contributed by atoms with Crippen LogP contribution < -0.4 is 5.46 Å². The van der Waals surface area contributed by atoms with E-state index in [4.69, 9.17) is 10.0 Å². The quantitative estimate of drug-likeness (QED) is 0.482. The number of rotatable bonds is 4. The Labute approximate surface area is 110 Å². The second-order valence-corrected chi connectivity index (χ2v) is 4.83. The number of aromatic nitrogens is 2. The summed E-state index contributed by atoms with van der Waals surface area (Å²) in [5.74, 6) is 0.698. The van der Waals surface area contributed by atoms with Gasteiger partial charge in [-0.3, -0.25) is 0 Å². The summed E-state index contributed by atoms with van der Waals surface area (Å²) in [6, 6.07) is 9.05. The van der Waals surface area contributed by atoms with Gasteiger partial charge in [0.1, 0.15) is 0 Å². The first-order valence-corrected chi connectivity index (χ1v) is 6.51. The Morgan fingerprint density at radius 3 is 2.83 bits per heavy atom. The molecule has 0 aliphatic carbocycles. The molecule has 1 heterocycles. The smallest absolute Gasteiger partial charge is 0.423 e. The van der Waals surface area contributed by atoms with E-state index in [1.54, 1.807) is 18.3 Å². The Morgan fingerprint density at radius 2 is 2.11 bits per heavy atom. The molecule has 18 heavy (non-hydrogen) atoms. The third-order valence-corrected chi connectivity index (χ3v) is 3.32. The third-order valence-electron chi connectivity index (χ3n) is 2.39. The maximum Gasteiger partial charge on any atom is 0.488 e. The minimum Gasteiger partial charge on any atom is -0.423 e. The second-order valence-electron chi connectivity index (χ2n) is 3.89. The van der Waals surface area contributed by atoms with Gasteiger partial charge in [-0.25, -0.2) is 9.97 Å². The van der Waals surface area contributed by atoms with Gasteiger partial charge in [0, 0.05) is 17.6 Å². The maximum atomic E-state index is 9.09. The summed E-state index contributed by atoms with van der Waals surface area (Å²) >= 11 is 1.52. The van der Waals surface area contributed by atoms with Gasteiger partial charge in [0.2, 0.25) is 0 Å². The fourth-order valence-corrected chi connectivity index (χ4v) is 2.31. The third kappa shape index (κ3) is 3.56. The molecule has 2 aromatic rings. The van der Waals surface area contributed by atoms with Crippen molar-refractivity contribution in [2.24, 2.45) is 0 Å². The average molecular weight is 260 g/mol. The lowest BCUT2D eigenvalue weighted by atomic mass is 9.80. The van der Waals surface area contributed by atoms with Crippen molar-refractivity contribution in [2.75, 3.05) is 0 Å². The van der Waals surface area contributed by atoms with Crippen molar-refractivity contribution in [2.45, 2.75) is 17.8 Å². The summed E-state index contributed by atoms with van der Waals surface area (Å²) in [6.07, 6.45) is 1.73. The highest BCUT2D eigenvalue weighted by molar-refractivity contribution is 7.98. The second kappa shape index (κ2) is 5.99. The zero-order valence-electron chi connectivity index (χ0n) is 9.95. The van der Waals surface area contributed by atoms with E-state index in [9.17, 15) is 0 Å². The van der Waals surface area contributed by atoms with Crippen LogP contribution in [0.2, 0.25) is 0 Å². The minimum absolute atomic E-state index is 0.498. The molecule has 92 valence electrons. The molecule has 0 spiro atoms. The molecule has 0 amide bonds. The Hall–Kier alpha value is -1.37. The number of benzene rings is 1. The van der Waals surface area contributed by atoms with Crippen molar-refractivity contribution < 1.29 is 10.0 Å². The van der Waals surface area contributed by atoms with E-state index in [-0.39, 0.29) is 0 Å². The molecule has 2 rings (SSSR count). The van der Waals surface area contributed by atoms with Crippen molar-refractivity contribution in [1.29, 1.82) is 0 Å². The number of hydrogen-bond acceptors (Lipinski definition) is 5. The Balaban J connectivity index is 2.04. The fourth-order valence-electron chi connectivity index (χ4n) is 1.49. The van der Waals surface area contributed by atoms with Crippen LogP contribution in [0.4, 0.5) is 0 Å². The van der Waals surface area contributed by atoms with E-state index in [1.807, 2.05) is 25.1 Å². The normalized spacial score (nSPS) is 10.4. The van der Waals surface area contributed by atoms with Gasteiger partial charge in [-0.05, 0) is 24.0 Å². The predicted octanol–water partition coefficient (Wildman–Crippen LogP) is 0.757. The van der Waals surface area contributed by atoms with Crippen molar-refractivity contribution in [3.63, 3.8) is 0 Å². The van der Waals surface area contributed by atoms with Crippen LogP contribution in [0, 0.1) is 6.92 Å². The van der Waals surface area contributed by atoms with Crippen LogP contribution in [-0.2, 0) is 5.75 Å². The van der Waals surface area contributed by atoms with E-state index in [2.05, 4.69) is 9.97 Å². The van der Waals surface area contributed by atoms with Gasteiger partial charge in [0.05, 0.1) is 0 Å². The van der Waals surface area contributed by atoms with Gasteiger partial charge in [0.25, 0.3) is 0 Å². The van der Waals surface area contributed by atoms with E-state index in [0.717, 1.165) is 16.4 Å². The lowest BCUT2D eigenvalue weighted by Crippen LogP contribution is -2.29. The van der Waals surface area contributed by atoms with E-state index in [1.165, 1.54) is 11.8 Å². The van der Waals surface area contributed by atoms with Crippen LogP contribution in [0.1, 0.15) is 11.3 Å². The minimum atomic E-state index is -1.43. The van der Waals surface area contributed by atoms with Gasteiger partial charge in [-0.2, -0.15) is 0 Å². The highest BCUT2D eigenvalue weighted by atomic mass is 32.2. The highest BCUT2D eigenvalue weighted by Crippen LogP contribution is 2.18. The standard InChI is InChI=1S/C12H13BN2O2S/c1-9-5-6-14-12(15-9)18-8-10-3-2-4-11(7-10)13(16)17/h2-7,16-17H,8H2,1H3. The van der Waals surface area contributed by atoms with Gasteiger partial charge >= 0.3 is 7.12 Å². The maximum absolute atomic E-state index is 9.09. The van der Waals surface area contributed by atoms with Gasteiger partial charge < -0.3 is 10.0 Å². The molecular weight excluding hydrogens is 247 g/mol. The highest BCUT2D eigenvalue weighted by Gasteiger charge is 2.10. The van der Waals surface area contributed by atoms with Gasteiger partial charge in [0.15, 0.2) is 5.16 Å². The molecule has 0 atom stereocenters. The molecule has 2 N–H and O–H groups in total. The molecule has 6 heteroatoms.